The van der Waals surface area contributed by atoms with Crippen LogP contribution in [-0.4, -0.2) is 36.5 Å². The van der Waals surface area contributed by atoms with E-state index in [1.807, 2.05) is 6.92 Å². The Labute approximate surface area is 164 Å². The second-order valence-corrected chi connectivity index (χ2v) is 8.38. The lowest BCUT2D eigenvalue weighted by Gasteiger charge is -2.28. The number of carbonyl (C=O) groups is 1. The van der Waals surface area contributed by atoms with Gasteiger partial charge in [-0.05, 0) is 81.1 Å². The van der Waals surface area contributed by atoms with Gasteiger partial charge in [0.2, 0.25) is 5.91 Å². The summed E-state index contributed by atoms with van der Waals surface area (Å²) in [6, 6.07) is 6.68. The summed E-state index contributed by atoms with van der Waals surface area (Å²) in [5.41, 5.74) is 10.2. The molecule has 1 amide bonds. The molecule has 0 bridgehead atoms. The molecule has 3 rings (SSSR count). The molecule has 26 heavy (non-hydrogen) atoms. The minimum Gasteiger partial charge on any atom is -0.348 e. The van der Waals surface area contributed by atoms with Gasteiger partial charge in [-0.2, -0.15) is 0 Å². The number of fused-ring (bicyclic) bond motifs is 1. The van der Waals surface area contributed by atoms with Crippen LogP contribution in [-0.2, 0) is 17.6 Å². The Balaban J connectivity index is 0.00000243. The molecule has 0 radical (unpaired) electrons. The van der Waals surface area contributed by atoms with Crippen LogP contribution in [0, 0.1) is 5.41 Å². The van der Waals surface area contributed by atoms with Gasteiger partial charge in [0.1, 0.15) is 0 Å². The van der Waals surface area contributed by atoms with Gasteiger partial charge in [0.05, 0.1) is 12.1 Å². The zero-order valence-corrected chi connectivity index (χ0v) is 17.2. The first-order valence-corrected chi connectivity index (χ1v) is 9.78. The zero-order valence-electron chi connectivity index (χ0n) is 16.4. The molecule has 4 nitrogen and oxygen atoms in total. The fourth-order valence-corrected chi connectivity index (χ4v) is 4.16. The van der Waals surface area contributed by atoms with Gasteiger partial charge >= 0.3 is 0 Å². The van der Waals surface area contributed by atoms with Crippen molar-refractivity contribution in [1.29, 1.82) is 0 Å². The predicted molar refractivity (Wildman–Crippen MR) is 110 cm³/mol. The largest absolute Gasteiger partial charge is 0.348 e. The van der Waals surface area contributed by atoms with Crippen LogP contribution in [0.4, 0.5) is 0 Å². The lowest BCUT2D eigenvalue weighted by Crippen LogP contribution is -2.45. The lowest BCUT2D eigenvalue weighted by atomic mass is 9.89. The third-order valence-corrected chi connectivity index (χ3v) is 6.24. The molecule has 1 heterocycles. The summed E-state index contributed by atoms with van der Waals surface area (Å²) in [7, 11) is 0. The first kappa shape index (κ1) is 21.2. The molecule has 1 aromatic carbocycles. The monoisotopic (exact) mass is 379 g/mol. The van der Waals surface area contributed by atoms with Gasteiger partial charge in [0.25, 0.3) is 0 Å². The van der Waals surface area contributed by atoms with E-state index in [1.54, 1.807) is 0 Å². The summed E-state index contributed by atoms with van der Waals surface area (Å²) in [6.07, 6.45) is 6.02. The maximum absolute atomic E-state index is 12.7. The number of likely N-dealkylation sites (tertiary alicyclic amines) is 1. The van der Waals surface area contributed by atoms with E-state index >= 15 is 0 Å². The highest BCUT2D eigenvalue weighted by Gasteiger charge is 2.36. The molecule has 1 fully saturated rings. The van der Waals surface area contributed by atoms with E-state index in [-0.39, 0.29) is 35.8 Å². The molecule has 1 aliphatic heterocycles. The van der Waals surface area contributed by atoms with E-state index in [2.05, 4.69) is 42.3 Å². The smallest absolute Gasteiger partial charge is 0.237 e. The molecule has 5 heteroatoms. The Morgan fingerprint density at radius 1 is 1.27 bits per heavy atom. The highest BCUT2D eigenvalue weighted by atomic mass is 35.5. The van der Waals surface area contributed by atoms with E-state index in [1.165, 1.54) is 42.4 Å². The summed E-state index contributed by atoms with van der Waals surface area (Å²) in [5.74, 6) is 0.117. The van der Waals surface area contributed by atoms with Crippen molar-refractivity contribution in [3.8, 4) is 0 Å². The lowest BCUT2D eigenvalue weighted by molar-refractivity contribution is -0.126. The Morgan fingerprint density at radius 2 is 1.96 bits per heavy atom. The number of amides is 1. The number of nitrogens with two attached hydrogens (primary N) is 1. The van der Waals surface area contributed by atoms with Gasteiger partial charge in [-0.15, -0.1) is 12.4 Å². The minimum absolute atomic E-state index is 0. The van der Waals surface area contributed by atoms with Crippen molar-refractivity contribution < 1.29 is 4.79 Å². The van der Waals surface area contributed by atoms with Crippen LogP contribution in [0.1, 0.15) is 62.8 Å². The maximum atomic E-state index is 12.7. The summed E-state index contributed by atoms with van der Waals surface area (Å²) in [5, 5.41) is 3.21. The van der Waals surface area contributed by atoms with Crippen LogP contribution in [0.2, 0.25) is 0 Å². The average molecular weight is 380 g/mol. The standard InChI is InChI=1S/C21H33N3O.ClH/c1-15(18-9-8-17-6-4-5-7-19(17)12-18)23-20(25)16(2)24-11-10-21(3,13-22)14-24;/h8-9,12,15-16H,4-7,10-11,13-14,22H2,1-3H3,(H,23,25);1H. The molecule has 1 saturated heterocycles. The Bertz CT molecular complexity index is 636. The SMILES string of the molecule is CC(NC(=O)C(C)N1CCC(C)(CN)C1)c1ccc2c(c1)CCCC2.Cl. The highest BCUT2D eigenvalue weighted by molar-refractivity contribution is 5.85. The summed E-state index contributed by atoms with van der Waals surface area (Å²) in [4.78, 5) is 15.0. The van der Waals surface area contributed by atoms with Crippen LogP contribution >= 0.6 is 12.4 Å². The molecule has 146 valence electrons. The van der Waals surface area contributed by atoms with E-state index in [9.17, 15) is 4.79 Å². The highest BCUT2D eigenvalue weighted by Crippen LogP contribution is 2.30. The second kappa shape index (κ2) is 8.73. The van der Waals surface area contributed by atoms with Gasteiger partial charge in [-0.3, -0.25) is 9.69 Å². The molecular weight excluding hydrogens is 346 g/mol. The third kappa shape index (κ3) is 4.59. The number of carbonyl (C=O) groups excluding carboxylic acids is 1. The van der Waals surface area contributed by atoms with Gasteiger partial charge in [0.15, 0.2) is 0 Å². The fraction of sp³-hybridized carbons (Fsp3) is 0.667. The average Bonchev–Trinajstić information content (AvgIpc) is 3.03. The maximum Gasteiger partial charge on any atom is 0.237 e. The van der Waals surface area contributed by atoms with Crippen molar-refractivity contribution in [1.82, 2.24) is 10.2 Å². The molecule has 2 aliphatic rings. The van der Waals surface area contributed by atoms with Crippen LogP contribution < -0.4 is 11.1 Å². The topological polar surface area (TPSA) is 58.4 Å². The van der Waals surface area contributed by atoms with Crippen LogP contribution in [0.15, 0.2) is 18.2 Å². The number of aryl methyl sites for hydroxylation is 2. The Kier molecular flexibility index (Phi) is 7.12. The first-order chi connectivity index (χ1) is 11.9. The number of nitrogens with one attached hydrogen (secondary N) is 1. The Hall–Kier alpha value is -1.10. The van der Waals surface area contributed by atoms with E-state index in [4.69, 9.17) is 5.73 Å². The van der Waals surface area contributed by atoms with Gasteiger partial charge in [-0.25, -0.2) is 0 Å². The fourth-order valence-electron chi connectivity index (χ4n) is 4.16. The molecule has 1 aromatic rings. The van der Waals surface area contributed by atoms with Crippen molar-refractivity contribution in [3.05, 3.63) is 34.9 Å². The second-order valence-electron chi connectivity index (χ2n) is 8.38. The molecule has 3 atom stereocenters. The van der Waals surface area contributed by atoms with Crippen molar-refractivity contribution in [3.63, 3.8) is 0 Å². The number of halogens is 1. The number of benzene rings is 1. The quantitative estimate of drug-likeness (QED) is 0.825. The van der Waals surface area contributed by atoms with Crippen molar-refractivity contribution in [2.45, 2.75) is 65.0 Å². The molecule has 1 aliphatic carbocycles. The molecule has 0 saturated carbocycles. The predicted octanol–water partition coefficient (Wildman–Crippen LogP) is 3.22. The van der Waals surface area contributed by atoms with Crippen molar-refractivity contribution in [2.24, 2.45) is 11.1 Å². The summed E-state index contributed by atoms with van der Waals surface area (Å²) >= 11 is 0. The van der Waals surface area contributed by atoms with Crippen molar-refractivity contribution >= 4 is 18.3 Å². The minimum atomic E-state index is -0.103. The number of rotatable bonds is 5. The summed E-state index contributed by atoms with van der Waals surface area (Å²) < 4.78 is 0. The van der Waals surface area contributed by atoms with Gasteiger partial charge in [-0.1, -0.05) is 25.1 Å². The number of nitrogens with zero attached hydrogens (tertiary/aromatic N) is 1. The van der Waals surface area contributed by atoms with E-state index in [0.29, 0.717) is 6.54 Å². The van der Waals surface area contributed by atoms with E-state index in [0.717, 1.165) is 19.5 Å². The Morgan fingerprint density at radius 3 is 2.62 bits per heavy atom. The third-order valence-electron chi connectivity index (χ3n) is 6.24. The van der Waals surface area contributed by atoms with Gasteiger partial charge in [0, 0.05) is 6.54 Å². The van der Waals surface area contributed by atoms with E-state index < -0.39 is 0 Å². The number of hydrogen-bond acceptors (Lipinski definition) is 3. The van der Waals surface area contributed by atoms with Crippen LogP contribution in [0.5, 0.6) is 0 Å². The molecule has 0 aromatic heterocycles. The molecular formula is C21H34ClN3O. The normalized spacial score (nSPS) is 25.1. The molecule has 3 N–H and O–H groups in total. The number of hydrogen-bond donors (Lipinski definition) is 2. The van der Waals surface area contributed by atoms with Gasteiger partial charge < -0.3 is 11.1 Å². The molecule has 0 spiro atoms. The van der Waals surface area contributed by atoms with Crippen LogP contribution in [0.25, 0.3) is 0 Å². The zero-order chi connectivity index (χ0) is 18.0. The molecule has 3 unspecified atom stereocenters. The van der Waals surface area contributed by atoms with Crippen molar-refractivity contribution in [2.75, 3.05) is 19.6 Å². The summed E-state index contributed by atoms with van der Waals surface area (Å²) in [6.45, 7) is 8.86. The first-order valence-electron chi connectivity index (χ1n) is 9.78. The van der Waals surface area contributed by atoms with Crippen LogP contribution in [0.3, 0.4) is 0 Å².